The van der Waals surface area contributed by atoms with Gasteiger partial charge in [0.15, 0.2) is 24.8 Å². The van der Waals surface area contributed by atoms with Crippen molar-refractivity contribution in [1.82, 2.24) is 21.3 Å². The van der Waals surface area contributed by atoms with E-state index in [1.54, 1.807) is 23.5 Å². The number of carboxylic acids is 2. The first kappa shape index (κ1) is 132. The number of carbonyl (C=O) groups excluding carboxylic acids is 10. The second-order valence-corrected chi connectivity index (χ2v) is 37.0. The van der Waals surface area contributed by atoms with E-state index in [0.29, 0.717) is 62.1 Å². The topological polar surface area (TPSA) is 362 Å². The van der Waals surface area contributed by atoms with Gasteiger partial charge in [0.1, 0.15) is 5.78 Å². The maximum atomic E-state index is 12.0. The van der Waals surface area contributed by atoms with Gasteiger partial charge in [0.25, 0.3) is 0 Å². The Morgan fingerprint density at radius 3 is 0.742 bits per heavy atom. The van der Waals surface area contributed by atoms with Crippen molar-refractivity contribution in [3.63, 3.8) is 0 Å². The number of aliphatic hydroxyl groups is 2. The molecule has 0 aliphatic carbocycles. The summed E-state index contributed by atoms with van der Waals surface area (Å²) in [6, 6.07) is 0. The highest BCUT2D eigenvalue weighted by atomic mass is 32.2. The second-order valence-electron chi connectivity index (χ2n) is 35.2. The van der Waals surface area contributed by atoms with Gasteiger partial charge in [-0.2, -0.15) is 23.5 Å². The molecule has 25 heteroatoms. The van der Waals surface area contributed by atoms with Gasteiger partial charge in [-0.05, 0) is 50.3 Å². The van der Waals surface area contributed by atoms with Gasteiger partial charge >= 0.3 is 29.8 Å². The quantitative estimate of drug-likeness (QED) is 0.0121. The van der Waals surface area contributed by atoms with Gasteiger partial charge in [-0.1, -0.05) is 420 Å². The number of hydrogen-bond acceptors (Lipinski definition) is 19. The zero-order valence-corrected chi connectivity index (χ0v) is 86.6. The molecule has 2 unspecified atom stereocenters. The van der Waals surface area contributed by atoms with Crippen molar-refractivity contribution in [2.75, 3.05) is 70.5 Å². The third-order valence-electron chi connectivity index (χ3n) is 22.6. The molecule has 0 aromatic rings. The minimum atomic E-state index is -1.32. The van der Waals surface area contributed by atoms with Crippen molar-refractivity contribution in [3.05, 3.63) is 48.6 Å². The summed E-state index contributed by atoms with van der Waals surface area (Å²) in [5, 5.41) is 46.0. The van der Waals surface area contributed by atoms with Crippen molar-refractivity contribution in [3.8, 4) is 0 Å². The van der Waals surface area contributed by atoms with Gasteiger partial charge in [-0.25, -0.2) is 19.2 Å². The lowest BCUT2D eigenvalue weighted by Gasteiger charge is -2.14. The molecular weight excluding hydrogens is 1710 g/mol. The zero-order chi connectivity index (χ0) is 101. The van der Waals surface area contributed by atoms with Crippen LogP contribution in [0.4, 0.5) is 0 Å². The van der Waals surface area contributed by atoms with E-state index in [2.05, 4.69) is 58.4 Å². The van der Waals surface area contributed by atoms with E-state index < -0.39 is 60.9 Å². The summed E-state index contributed by atoms with van der Waals surface area (Å²) in [5.74, 6) is -5.26. The van der Waals surface area contributed by atoms with E-state index in [0.717, 1.165) is 75.9 Å². The molecule has 0 rings (SSSR count). The normalized spacial score (nSPS) is 11.5. The number of methoxy groups -OCH3 is 1. The smallest absolute Gasteiger partial charge is 0.331 e. The second kappa shape index (κ2) is 114. The van der Waals surface area contributed by atoms with Crippen LogP contribution in [0.2, 0.25) is 0 Å². The van der Waals surface area contributed by atoms with E-state index in [1.165, 1.54) is 386 Å². The Bertz CT molecular complexity index is 2660. The van der Waals surface area contributed by atoms with Gasteiger partial charge in [-0.15, -0.1) is 0 Å². The molecule has 8 N–H and O–H groups in total. The first-order valence-electron chi connectivity index (χ1n) is 53.6. The first-order chi connectivity index (χ1) is 65.0. The molecule has 0 fully saturated rings. The molecule has 23 nitrogen and oxygen atoms in total. The number of ketones is 3. The molecular formula is C107H200N4O19S2. The van der Waals surface area contributed by atoms with Gasteiger partial charge in [0.2, 0.25) is 23.6 Å². The lowest BCUT2D eigenvalue weighted by atomic mass is 10.0. The Labute approximate surface area is 816 Å². The Kier molecular flexibility index (Phi) is 114. The minimum absolute atomic E-state index is 0. The van der Waals surface area contributed by atoms with Crippen LogP contribution in [0.1, 0.15) is 482 Å². The number of unbranched alkanes of at least 4 members (excludes halogenated alkanes) is 60. The van der Waals surface area contributed by atoms with Crippen LogP contribution in [0.25, 0.3) is 0 Å². The maximum absolute atomic E-state index is 12.0. The summed E-state index contributed by atoms with van der Waals surface area (Å²) >= 11 is 3.09. The number of ether oxygens (including phenoxy) is 3. The number of aliphatic carboxylic acids is 2. The SMILES string of the molecule is CCCCCCCCCCCCCCCCCCNC(=O)/C=C\C(=O)COC(=O)/C=C\C(=O)NCCCCCCCCCCCCCCCCCC.CCCCCCCCCCCCCCCCCCNC(=O)CCC(=O)CC.CCCCCCCCCCCCCCCCCCNC(=O)CCC(=O)OC.CSCC(O)C(O)CSC.O=C(O)/C=C\C(=O)COC(=O)/C=C\C(=O)O.[2H][3H].[3HH]. The molecule has 132 heavy (non-hydrogen) atoms. The summed E-state index contributed by atoms with van der Waals surface area (Å²) < 4.78 is 23.7. The van der Waals surface area contributed by atoms with Crippen LogP contribution < -0.4 is 21.3 Å². The van der Waals surface area contributed by atoms with E-state index in [9.17, 15) is 57.5 Å². The molecule has 0 aliphatic heterocycles. The van der Waals surface area contributed by atoms with Crippen LogP contribution in [0.5, 0.6) is 0 Å². The predicted molar refractivity (Wildman–Crippen MR) is 553 cm³/mol. The van der Waals surface area contributed by atoms with Crippen molar-refractivity contribution in [2.24, 2.45) is 0 Å². The van der Waals surface area contributed by atoms with Crippen molar-refractivity contribution < 1.29 is 96.6 Å². The van der Waals surface area contributed by atoms with Crippen molar-refractivity contribution in [2.45, 2.75) is 490 Å². The Balaban J connectivity index is -0.000000333. The third-order valence-corrected chi connectivity index (χ3v) is 23.9. The number of carbonyl (C=O) groups is 12. The minimum Gasteiger partial charge on any atom is -0.478 e. The van der Waals surface area contributed by atoms with Crippen molar-refractivity contribution in [1.29, 1.82) is 0 Å². The highest BCUT2D eigenvalue weighted by molar-refractivity contribution is 7.99. The van der Waals surface area contributed by atoms with Gasteiger partial charge in [-0.3, -0.25) is 38.4 Å². The highest BCUT2D eigenvalue weighted by Gasteiger charge is 2.15. The fourth-order valence-electron chi connectivity index (χ4n) is 14.3. The number of Topliss-reactive ketones (excluding diaryl/α,β-unsaturated/α-hetero) is 1. The van der Waals surface area contributed by atoms with E-state index in [-0.39, 0.29) is 49.6 Å². The zero-order valence-electron chi connectivity index (χ0n) is 86.9. The molecule has 2 atom stereocenters. The molecule has 0 aromatic carbocycles. The summed E-state index contributed by atoms with van der Waals surface area (Å²) in [5.41, 5.74) is 0. The molecule has 0 saturated carbocycles. The third kappa shape index (κ3) is 122. The molecule has 0 bridgehead atoms. The summed E-state index contributed by atoms with van der Waals surface area (Å²) in [7, 11) is 1.34. The van der Waals surface area contributed by atoms with Crippen LogP contribution in [0.3, 0.4) is 0 Å². The van der Waals surface area contributed by atoms with E-state index in [4.69, 9.17) is 28.1 Å². The Hall–Kier alpha value is -6.18. The monoisotopic (exact) mass is 1910 g/mol. The van der Waals surface area contributed by atoms with Crippen LogP contribution in [0, 0.1) is 0 Å². The summed E-state index contributed by atoms with van der Waals surface area (Å²) in [4.78, 5) is 134. The molecule has 0 aromatic heterocycles. The van der Waals surface area contributed by atoms with Gasteiger partial charge < -0.3 is 55.9 Å². The highest BCUT2D eigenvalue weighted by Crippen LogP contribution is 2.20. The van der Waals surface area contributed by atoms with Crippen LogP contribution in [-0.4, -0.2) is 174 Å². The standard InChI is InChI=1S/C45H82N2O5.C24H47NO2.C23H45NO3.C9H8O7.C6H14O2S2.2H2/c1-3-5-7-9-11-13-15-17-19-21-23-25-27-29-31-33-39-46-43(49)36-35-42(48)41-52-45(51)38-37-44(50)47-40-34-32-30-28-26-24-22-20-18-16-14-12-10-8-6-4-2;1-3-5-6-7-8-9-10-11-12-13-14-15-16-17-18-19-22-25-24(27)21-20-23(26)4-2;1-3-4-5-6-7-8-9-10-11-12-13-14-15-16-17-18-21-24-22(25)19-20-23(26)27-2;10-6(1-2-7(11)12)5-16-9(15)4-3-8(13)14;1-9-3-5(7)6(8)4-10-2;;/h35-38H,3-34,39-41H2,1-2H3,(H,46,49)(H,47,50);3-22H2,1-2H3,(H,25,27);3-21H2,1-2H3,(H,24,25);1-4H,5H2,(H,11,12)(H,13,14);5-8H,3-4H2,1-2H3;2*1H/b36-35-,38-37-;;;2-1-,4-3-;;;/i;;;;;1+2D;1+2. The summed E-state index contributed by atoms with van der Waals surface area (Å²) in [6.07, 6.45) is 96.6. The maximum Gasteiger partial charge on any atom is 0.331 e. The number of carboxylic acid groups (broad SMARTS) is 2. The van der Waals surface area contributed by atoms with Crippen LogP contribution in [0.15, 0.2) is 48.6 Å². The number of thioether (sulfide) groups is 2. The fraction of sp³-hybridized carbons (Fsp3) is 0.813. The van der Waals surface area contributed by atoms with Crippen LogP contribution >= 0.6 is 23.5 Å². The van der Waals surface area contributed by atoms with E-state index >= 15 is 0 Å². The fourth-order valence-corrected chi connectivity index (χ4v) is 15.4. The molecule has 0 spiro atoms. The average Bonchev–Trinajstić information content (AvgIpc) is 0.951. The number of amides is 4. The van der Waals surface area contributed by atoms with Gasteiger partial charge in [0, 0.05) is 104 Å². The number of hydrogen-bond donors (Lipinski definition) is 8. The first-order valence-corrected chi connectivity index (χ1v) is 55.4. The Morgan fingerprint density at radius 1 is 0.295 bits per heavy atom. The van der Waals surface area contributed by atoms with E-state index in [1.807, 2.05) is 19.4 Å². The number of rotatable bonds is 92. The molecule has 774 valence electrons. The Morgan fingerprint density at radius 2 is 0.508 bits per heavy atom. The lowest BCUT2D eigenvalue weighted by molar-refractivity contribution is -0.142. The molecule has 0 aliphatic rings. The number of esters is 3. The lowest BCUT2D eigenvalue weighted by Crippen LogP contribution is -2.30. The number of aliphatic hydroxyl groups excluding tert-OH is 2. The molecule has 4 amide bonds. The average molecular weight is 1920 g/mol. The van der Waals surface area contributed by atoms with Crippen molar-refractivity contribution >= 4 is 94.3 Å². The molecule has 0 radical (unpaired) electrons. The predicted octanol–water partition coefficient (Wildman–Crippen LogP) is 25.7. The molecule has 0 heterocycles. The van der Waals surface area contributed by atoms with Gasteiger partial charge in [0.05, 0.1) is 25.7 Å². The molecule has 0 saturated heterocycles. The number of nitrogens with one attached hydrogen (secondary N) is 4. The largest absolute Gasteiger partial charge is 0.478 e. The van der Waals surface area contributed by atoms with Crippen LogP contribution in [-0.2, 0) is 71.7 Å². The summed E-state index contributed by atoms with van der Waals surface area (Å²) in [6.45, 7) is 12.4.